The molecule has 0 saturated carbocycles. The van der Waals surface area contributed by atoms with Crippen molar-refractivity contribution in [2.45, 2.75) is 5.41 Å². The maximum atomic E-state index is 13.5. The molecule has 0 atom stereocenters. The monoisotopic (exact) mass is 329 g/mol. The summed E-state index contributed by atoms with van der Waals surface area (Å²) in [6, 6.07) is 23.0. The zero-order valence-electron chi connectivity index (χ0n) is 13.9. The van der Waals surface area contributed by atoms with Gasteiger partial charge in [-0.3, -0.25) is 4.79 Å². The van der Waals surface area contributed by atoms with Crippen molar-refractivity contribution in [2.24, 2.45) is 0 Å². The summed E-state index contributed by atoms with van der Waals surface area (Å²) in [4.78, 5) is 15.2. The Labute approximate surface area is 146 Å². The van der Waals surface area contributed by atoms with Crippen LogP contribution < -0.4 is 16.4 Å². The van der Waals surface area contributed by atoms with E-state index in [0.717, 1.165) is 22.4 Å². The van der Waals surface area contributed by atoms with Crippen LogP contribution >= 0.6 is 0 Å². The Balaban J connectivity index is 2.08. The molecule has 1 amide bonds. The average molecular weight is 329 g/mol. The molecule has 0 unspecified atom stereocenters. The molecule has 4 nitrogen and oxygen atoms in total. The summed E-state index contributed by atoms with van der Waals surface area (Å²) in [5, 5.41) is 0. The van der Waals surface area contributed by atoms with Gasteiger partial charge in [-0.25, -0.2) is 0 Å². The van der Waals surface area contributed by atoms with E-state index in [1.54, 1.807) is 4.90 Å². The van der Waals surface area contributed by atoms with Crippen molar-refractivity contribution in [3.63, 3.8) is 0 Å². The highest BCUT2D eigenvalue weighted by atomic mass is 16.2. The smallest absolute Gasteiger partial charge is 0.246 e. The van der Waals surface area contributed by atoms with Crippen LogP contribution in [0.4, 0.5) is 17.1 Å². The van der Waals surface area contributed by atoms with Crippen LogP contribution in [0.25, 0.3) is 0 Å². The summed E-state index contributed by atoms with van der Waals surface area (Å²) in [5.41, 5.74) is 15.9. The number of fused-ring (bicyclic) bond motifs is 1. The highest BCUT2D eigenvalue weighted by Gasteiger charge is 2.52. The van der Waals surface area contributed by atoms with Gasteiger partial charge in [0.2, 0.25) is 5.91 Å². The molecule has 3 aromatic carbocycles. The van der Waals surface area contributed by atoms with Gasteiger partial charge in [0.25, 0.3) is 0 Å². The molecular formula is C21H19N3O. The van der Waals surface area contributed by atoms with Crippen LogP contribution in [0.5, 0.6) is 0 Å². The molecule has 0 bridgehead atoms. The SMILES string of the molecule is CN1C(=O)C(c2ccc(N)cc2)(c2ccc(N)cc2)c2ccccc21. The van der Waals surface area contributed by atoms with Crippen LogP contribution in [0.1, 0.15) is 16.7 Å². The fourth-order valence-electron chi connectivity index (χ4n) is 3.75. The van der Waals surface area contributed by atoms with Gasteiger partial charge in [-0.2, -0.15) is 0 Å². The molecule has 4 N–H and O–H groups in total. The third-order valence-corrected chi connectivity index (χ3v) is 4.98. The Morgan fingerprint density at radius 1 is 0.760 bits per heavy atom. The third kappa shape index (κ3) is 2.04. The molecule has 4 rings (SSSR count). The quantitative estimate of drug-likeness (QED) is 0.709. The van der Waals surface area contributed by atoms with Gasteiger partial charge in [-0.15, -0.1) is 0 Å². The Hall–Kier alpha value is -3.27. The Morgan fingerprint density at radius 2 is 1.24 bits per heavy atom. The molecule has 1 aliphatic rings. The van der Waals surface area contributed by atoms with Gasteiger partial charge in [0.15, 0.2) is 0 Å². The van der Waals surface area contributed by atoms with Gasteiger partial charge in [0, 0.05) is 29.7 Å². The standard InChI is InChI=1S/C21H19N3O/c1-24-19-5-3-2-4-18(19)21(20(24)25,14-6-10-16(22)11-7-14)15-8-12-17(23)13-9-15/h2-13H,22-23H2,1H3. The van der Waals surface area contributed by atoms with Gasteiger partial charge in [-0.05, 0) is 41.5 Å². The van der Waals surface area contributed by atoms with Crippen molar-refractivity contribution in [3.8, 4) is 0 Å². The van der Waals surface area contributed by atoms with E-state index in [2.05, 4.69) is 0 Å². The minimum Gasteiger partial charge on any atom is -0.399 e. The summed E-state index contributed by atoms with van der Waals surface area (Å²) >= 11 is 0. The average Bonchev–Trinajstić information content (AvgIpc) is 2.86. The summed E-state index contributed by atoms with van der Waals surface area (Å²) in [7, 11) is 1.82. The van der Waals surface area contributed by atoms with Crippen LogP contribution in [0.15, 0.2) is 72.8 Å². The summed E-state index contributed by atoms with van der Waals surface area (Å²) in [6.07, 6.45) is 0. The van der Waals surface area contributed by atoms with E-state index in [1.165, 1.54) is 0 Å². The summed E-state index contributed by atoms with van der Waals surface area (Å²) in [5.74, 6) is 0.0169. The molecular weight excluding hydrogens is 310 g/mol. The molecule has 1 aliphatic heterocycles. The molecule has 25 heavy (non-hydrogen) atoms. The number of hydrogen-bond acceptors (Lipinski definition) is 3. The molecule has 124 valence electrons. The van der Waals surface area contributed by atoms with Crippen molar-refractivity contribution < 1.29 is 4.79 Å². The lowest BCUT2D eigenvalue weighted by Gasteiger charge is -2.30. The maximum Gasteiger partial charge on any atom is 0.246 e. The number of benzene rings is 3. The van der Waals surface area contributed by atoms with Crippen LogP contribution in [-0.4, -0.2) is 13.0 Å². The minimum absolute atomic E-state index is 0.0169. The fraction of sp³-hybridized carbons (Fsp3) is 0.0952. The highest BCUT2D eigenvalue weighted by Crippen LogP contribution is 2.49. The van der Waals surface area contributed by atoms with Gasteiger partial charge in [-0.1, -0.05) is 42.5 Å². The number of nitrogens with zero attached hydrogens (tertiary/aromatic N) is 1. The molecule has 0 aromatic heterocycles. The van der Waals surface area contributed by atoms with E-state index in [9.17, 15) is 4.79 Å². The number of rotatable bonds is 2. The van der Waals surface area contributed by atoms with Gasteiger partial charge >= 0.3 is 0 Å². The molecule has 0 saturated heterocycles. The number of amides is 1. The fourth-order valence-corrected chi connectivity index (χ4v) is 3.75. The number of para-hydroxylation sites is 1. The molecule has 0 radical (unpaired) electrons. The Bertz CT molecular complexity index is 900. The Kier molecular flexibility index (Phi) is 3.29. The first-order valence-electron chi connectivity index (χ1n) is 8.15. The van der Waals surface area contributed by atoms with Crippen molar-refractivity contribution in [1.82, 2.24) is 0 Å². The van der Waals surface area contributed by atoms with Crippen LogP contribution in [0.2, 0.25) is 0 Å². The number of carbonyl (C=O) groups excluding carboxylic acids is 1. The molecule has 3 aromatic rings. The van der Waals surface area contributed by atoms with E-state index >= 15 is 0 Å². The first-order chi connectivity index (χ1) is 12.0. The normalized spacial score (nSPS) is 15.2. The molecule has 0 fully saturated rings. The Morgan fingerprint density at radius 3 is 1.76 bits per heavy atom. The number of nitrogen functional groups attached to an aromatic ring is 2. The van der Waals surface area contributed by atoms with Crippen molar-refractivity contribution >= 4 is 23.0 Å². The predicted octanol–water partition coefficient (Wildman–Crippen LogP) is 3.16. The lowest BCUT2D eigenvalue weighted by molar-refractivity contribution is -0.120. The van der Waals surface area contributed by atoms with E-state index in [-0.39, 0.29) is 5.91 Å². The topological polar surface area (TPSA) is 72.3 Å². The van der Waals surface area contributed by atoms with Crippen molar-refractivity contribution in [2.75, 3.05) is 23.4 Å². The molecule has 0 spiro atoms. The second-order valence-electron chi connectivity index (χ2n) is 6.38. The van der Waals surface area contributed by atoms with Gasteiger partial charge in [0.1, 0.15) is 5.41 Å². The second kappa shape index (κ2) is 5.38. The summed E-state index contributed by atoms with van der Waals surface area (Å²) < 4.78 is 0. The number of anilines is 3. The van der Waals surface area contributed by atoms with Crippen molar-refractivity contribution in [3.05, 3.63) is 89.5 Å². The van der Waals surface area contributed by atoms with Crippen LogP contribution in [-0.2, 0) is 10.2 Å². The van der Waals surface area contributed by atoms with Crippen LogP contribution in [0.3, 0.4) is 0 Å². The zero-order chi connectivity index (χ0) is 17.6. The lowest BCUT2D eigenvalue weighted by Crippen LogP contribution is -2.40. The number of carbonyl (C=O) groups is 1. The van der Waals surface area contributed by atoms with E-state index in [1.807, 2.05) is 79.8 Å². The summed E-state index contributed by atoms with van der Waals surface area (Å²) in [6.45, 7) is 0. The lowest BCUT2D eigenvalue weighted by atomic mass is 9.70. The minimum atomic E-state index is -0.896. The first kappa shape index (κ1) is 15.3. The number of likely N-dealkylation sites (N-methyl/N-ethyl adjacent to an activating group) is 1. The number of nitrogens with two attached hydrogens (primary N) is 2. The van der Waals surface area contributed by atoms with E-state index in [0.29, 0.717) is 11.4 Å². The van der Waals surface area contributed by atoms with Crippen LogP contribution in [0, 0.1) is 0 Å². The van der Waals surface area contributed by atoms with Gasteiger partial charge in [0.05, 0.1) is 0 Å². The number of hydrogen-bond donors (Lipinski definition) is 2. The second-order valence-corrected chi connectivity index (χ2v) is 6.38. The van der Waals surface area contributed by atoms with Gasteiger partial charge < -0.3 is 16.4 Å². The third-order valence-electron chi connectivity index (χ3n) is 4.98. The molecule has 4 heteroatoms. The maximum absolute atomic E-state index is 13.5. The zero-order valence-corrected chi connectivity index (χ0v) is 13.9. The predicted molar refractivity (Wildman–Crippen MR) is 101 cm³/mol. The molecule has 0 aliphatic carbocycles. The van der Waals surface area contributed by atoms with E-state index in [4.69, 9.17) is 11.5 Å². The van der Waals surface area contributed by atoms with E-state index < -0.39 is 5.41 Å². The largest absolute Gasteiger partial charge is 0.399 e. The van der Waals surface area contributed by atoms with Crippen molar-refractivity contribution in [1.29, 1.82) is 0 Å². The highest BCUT2D eigenvalue weighted by molar-refractivity contribution is 6.12. The molecule has 1 heterocycles. The first-order valence-corrected chi connectivity index (χ1v) is 8.15.